The third kappa shape index (κ3) is 3.93. The molecule has 0 radical (unpaired) electrons. The van der Waals surface area contributed by atoms with E-state index in [0.717, 1.165) is 13.0 Å². The fourth-order valence-corrected chi connectivity index (χ4v) is 1.70. The van der Waals surface area contributed by atoms with Crippen LogP contribution in [-0.4, -0.2) is 33.7 Å². The van der Waals surface area contributed by atoms with Crippen molar-refractivity contribution in [3.8, 4) is 0 Å². The third-order valence-corrected chi connectivity index (χ3v) is 2.68. The van der Waals surface area contributed by atoms with Crippen LogP contribution in [-0.2, 0) is 11.2 Å². The van der Waals surface area contributed by atoms with Gasteiger partial charge in [-0.1, -0.05) is 15.9 Å². The first-order chi connectivity index (χ1) is 7.41. The molecule has 88 valence electrons. The maximum atomic E-state index is 11.9. The van der Waals surface area contributed by atoms with E-state index >= 15 is 0 Å². The predicted octanol–water partition coefficient (Wildman–Crippen LogP) is 2.26. The first-order valence-electron chi connectivity index (χ1n) is 5.24. The van der Waals surface area contributed by atoms with Crippen LogP contribution in [0.2, 0.25) is 0 Å². The molecule has 1 heterocycles. The summed E-state index contributed by atoms with van der Waals surface area (Å²) in [5.41, 5.74) is 1.20. The van der Waals surface area contributed by atoms with Gasteiger partial charge in [-0.25, -0.2) is 0 Å². The molecule has 0 atom stereocenters. The van der Waals surface area contributed by atoms with E-state index in [1.54, 1.807) is 17.3 Å². The van der Waals surface area contributed by atoms with Crippen LogP contribution >= 0.6 is 15.9 Å². The number of hydrogen-bond donors (Lipinski definition) is 0. The van der Waals surface area contributed by atoms with Crippen molar-refractivity contribution in [1.29, 1.82) is 0 Å². The van der Waals surface area contributed by atoms with E-state index < -0.39 is 4.32 Å². The lowest BCUT2D eigenvalue weighted by atomic mass is 10.1. The minimum atomic E-state index is -0.486. The van der Waals surface area contributed by atoms with Crippen molar-refractivity contribution in [2.45, 2.75) is 24.6 Å². The van der Waals surface area contributed by atoms with Crippen LogP contribution in [0.1, 0.15) is 19.4 Å². The molecule has 3 nitrogen and oxygen atoms in total. The fraction of sp³-hybridized carbons (Fsp3) is 0.500. The molecule has 1 amide bonds. The molecule has 0 spiro atoms. The summed E-state index contributed by atoms with van der Waals surface area (Å²) in [7, 11) is 1.83. The van der Waals surface area contributed by atoms with Crippen LogP contribution in [0.3, 0.4) is 0 Å². The van der Waals surface area contributed by atoms with E-state index in [2.05, 4.69) is 20.9 Å². The number of halogens is 1. The molecule has 0 N–H and O–H groups in total. The average Bonchev–Trinajstić information content (AvgIpc) is 2.25. The summed E-state index contributed by atoms with van der Waals surface area (Å²) in [6, 6.07) is 3.94. The zero-order chi connectivity index (χ0) is 12.2. The lowest BCUT2D eigenvalue weighted by Crippen LogP contribution is -2.40. The number of likely N-dealkylation sites (N-methyl/N-ethyl adjacent to an activating group) is 1. The van der Waals surface area contributed by atoms with Gasteiger partial charge in [0.05, 0.1) is 4.32 Å². The van der Waals surface area contributed by atoms with Gasteiger partial charge in [0.2, 0.25) is 5.91 Å². The lowest BCUT2D eigenvalue weighted by Gasteiger charge is -2.24. The van der Waals surface area contributed by atoms with E-state index in [4.69, 9.17) is 0 Å². The summed E-state index contributed by atoms with van der Waals surface area (Å²) >= 11 is 3.37. The summed E-state index contributed by atoms with van der Waals surface area (Å²) in [6.45, 7) is 4.44. The quantitative estimate of drug-likeness (QED) is 0.795. The van der Waals surface area contributed by atoms with E-state index in [9.17, 15) is 4.79 Å². The molecule has 1 aromatic rings. The van der Waals surface area contributed by atoms with Gasteiger partial charge in [-0.3, -0.25) is 9.78 Å². The van der Waals surface area contributed by atoms with Crippen LogP contribution < -0.4 is 0 Å². The molecule has 1 rings (SSSR count). The molecular formula is C12H17BrN2O. The highest BCUT2D eigenvalue weighted by Crippen LogP contribution is 2.18. The highest BCUT2D eigenvalue weighted by molar-refractivity contribution is 9.10. The summed E-state index contributed by atoms with van der Waals surface area (Å²) in [4.78, 5) is 17.6. The molecule has 1 aromatic heterocycles. The van der Waals surface area contributed by atoms with Crippen LogP contribution in [0, 0.1) is 0 Å². The maximum Gasteiger partial charge on any atom is 0.238 e. The Morgan fingerprint density at radius 3 is 2.50 bits per heavy atom. The summed E-state index contributed by atoms with van der Waals surface area (Å²) in [5, 5.41) is 0. The van der Waals surface area contributed by atoms with Gasteiger partial charge in [0, 0.05) is 26.0 Å². The summed E-state index contributed by atoms with van der Waals surface area (Å²) in [5.74, 6) is 0.0987. The highest BCUT2D eigenvalue weighted by Gasteiger charge is 2.26. The van der Waals surface area contributed by atoms with Crippen molar-refractivity contribution < 1.29 is 4.79 Å². The summed E-state index contributed by atoms with van der Waals surface area (Å²) < 4.78 is -0.486. The number of hydrogen-bond acceptors (Lipinski definition) is 2. The molecule has 0 unspecified atom stereocenters. The monoisotopic (exact) mass is 284 g/mol. The minimum absolute atomic E-state index is 0.0987. The first-order valence-corrected chi connectivity index (χ1v) is 6.04. The van der Waals surface area contributed by atoms with E-state index in [-0.39, 0.29) is 5.91 Å². The molecule has 0 aliphatic heterocycles. The second-order valence-electron chi connectivity index (χ2n) is 4.30. The van der Waals surface area contributed by atoms with Gasteiger partial charge in [0.25, 0.3) is 0 Å². The number of carbonyl (C=O) groups excluding carboxylic acids is 1. The number of pyridine rings is 1. The SMILES string of the molecule is CN(CCc1ccncc1)C(=O)C(C)(C)Br. The topological polar surface area (TPSA) is 33.2 Å². The molecule has 0 aliphatic rings. The molecule has 0 saturated heterocycles. The largest absolute Gasteiger partial charge is 0.344 e. The van der Waals surface area contributed by atoms with Gasteiger partial charge in [-0.2, -0.15) is 0 Å². The smallest absolute Gasteiger partial charge is 0.238 e. The number of carbonyl (C=O) groups is 1. The standard InChI is InChI=1S/C12H17BrN2O/c1-12(2,13)11(16)15(3)9-6-10-4-7-14-8-5-10/h4-5,7-8H,6,9H2,1-3H3. The van der Waals surface area contributed by atoms with Crippen molar-refractivity contribution in [3.63, 3.8) is 0 Å². The number of amides is 1. The highest BCUT2D eigenvalue weighted by atomic mass is 79.9. The van der Waals surface area contributed by atoms with Crippen molar-refractivity contribution in [3.05, 3.63) is 30.1 Å². The van der Waals surface area contributed by atoms with E-state index in [0.29, 0.717) is 0 Å². The zero-order valence-corrected chi connectivity index (χ0v) is 11.5. The van der Waals surface area contributed by atoms with Crippen molar-refractivity contribution in [2.75, 3.05) is 13.6 Å². The second-order valence-corrected chi connectivity index (χ2v) is 6.29. The first kappa shape index (κ1) is 13.2. The van der Waals surface area contributed by atoms with Crippen LogP contribution in [0.15, 0.2) is 24.5 Å². The number of rotatable bonds is 4. The van der Waals surface area contributed by atoms with Gasteiger partial charge in [0.15, 0.2) is 0 Å². The lowest BCUT2D eigenvalue weighted by molar-refractivity contribution is -0.131. The minimum Gasteiger partial charge on any atom is -0.344 e. The maximum absolute atomic E-state index is 11.9. The van der Waals surface area contributed by atoms with Crippen LogP contribution in [0.25, 0.3) is 0 Å². The number of alkyl halides is 1. The van der Waals surface area contributed by atoms with Crippen molar-refractivity contribution in [1.82, 2.24) is 9.88 Å². The Bertz CT molecular complexity index is 346. The van der Waals surface area contributed by atoms with Gasteiger partial charge >= 0.3 is 0 Å². The van der Waals surface area contributed by atoms with Gasteiger partial charge in [0.1, 0.15) is 0 Å². The van der Waals surface area contributed by atoms with E-state index in [1.807, 2.05) is 33.0 Å². The predicted molar refractivity (Wildman–Crippen MR) is 68.6 cm³/mol. The fourth-order valence-electron chi connectivity index (χ4n) is 1.40. The van der Waals surface area contributed by atoms with Crippen molar-refractivity contribution >= 4 is 21.8 Å². The molecule has 0 bridgehead atoms. The van der Waals surface area contributed by atoms with Crippen LogP contribution in [0.5, 0.6) is 0 Å². The average molecular weight is 285 g/mol. The van der Waals surface area contributed by atoms with Gasteiger partial charge in [-0.05, 0) is 38.0 Å². The zero-order valence-electron chi connectivity index (χ0n) is 9.90. The van der Waals surface area contributed by atoms with Gasteiger partial charge < -0.3 is 4.90 Å². The molecule has 4 heteroatoms. The molecule has 0 aromatic carbocycles. The Balaban J connectivity index is 2.48. The van der Waals surface area contributed by atoms with Crippen LogP contribution in [0.4, 0.5) is 0 Å². The number of aromatic nitrogens is 1. The van der Waals surface area contributed by atoms with Crippen molar-refractivity contribution in [2.24, 2.45) is 0 Å². The Morgan fingerprint density at radius 2 is 2.00 bits per heavy atom. The molecule has 0 saturated carbocycles. The Morgan fingerprint density at radius 1 is 1.44 bits per heavy atom. The van der Waals surface area contributed by atoms with Gasteiger partial charge in [-0.15, -0.1) is 0 Å². The summed E-state index contributed by atoms with van der Waals surface area (Å²) in [6.07, 6.45) is 4.39. The molecule has 0 fully saturated rings. The normalized spacial score (nSPS) is 11.2. The van der Waals surface area contributed by atoms with E-state index in [1.165, 1.54) is 5.56 Å². The Hall–Kier alpha value is -0.900. The molecule has 0 aliphatic carbocycles. The Kier molecular flexibility index (Phi) is 4.47. The molecule has 16 heavy (non-hydrogen) atoms. The molecular weight excluding hydrogens is 268 g/mol. The third-order valence-electron chi connectivity index (χ3n) is 2.34. The second kappa shape index (κ2) is 5.43. The number of nitrogens with zero attached hydrogens (tertiary/aromatic N) is 2. The Labute approximate surface area is 105 Å².